The van der Waals surface area contributed by atoms with Gasteiger partial charge in [0, 0.05) is 30.3 Å². The van der Waals surface area contributed by atoms with Crippen LogP contribution in [0.2, 0.25) is 5.02 Å². The quantitative estimate of drug-likeness (QED) is 0.420. The number of ether oxygens (including phenoxy) is 1. The van der Waals surface area contributed by atoms with Crippen molar-refractivity contribution < 1.29 is 33.2 Å². The van der Waals surface area contributed by atoms with Gasteiger partial charge in [0.05, 0.1) is 37.7 Å². The van der Waals surface area contributed by atoms with Crippen molar-refractivity contribution in [2.24, 2.45) is 5.92 Å². The van der Waals surface area contributed by atoms with E-state index in [9.17, 15) is 19.2 Å². The molecule has 1 aliphatic rings. The van der Waals surface area contributed by atoms with Gasteiger partial charge in [-0.2, -0.15) is 0 Å². The molecule has 0 radical (unpaired) electrons. The topological polar surface area (TPSA) is 132 Å². The second-order valence-corrected chi connectivity index (χ2v) is 9.54. The summed E-state index contributed by atoms with van der Waals surface area (Å²) < 4.78 is 10.6. The first kappa shape index (κ1) is 26.3. The van der Waals surface area contributed by atoms with Crippen LogP contribution in [0.25, 0.3) is 11.0 Å². The first-order chi connectivity index (χ1) is 17.7. The molecule has 11 heteroatoms. The summed E-state index contributed by atoms with van der Waals surface area (Å²) in [7, 11) is 3.12. The molecule has 194 valence electrons. The van der Waals surface area contributed by atoms with Crippen LogP contribution in [-0.4, -0.2) is 48.9 Å². The van der Waals surface area contributed by atoms with Crippen LogP contribution in [-0.2, 0) is 14.3 Å². The number of esters is 1. The monoisotopic (exact) mass is 527 g/mol. The Morgan fingerprint density at radius 1 is 1.08 bits per heavy atom. The van der Waals surface area contributed by atoms with E-state index >= 15 is 0 Å². The number of benzene rings is 1. The molecular weight excluding hydrogens is 500 g/mol. The van der Waals surface area contributed by atoms with Crippen LogP contribution in [0.15, 0.2) is 40.9 Å². The highest BCUT2D eigenvalue weighted by Crippen LogP contribution is 2.34. The maximum atomic E-state index is 13.3. The molecule has 2 aromatic heterocycles. The molecular formula is C26H28ClN4O6+. The molecule has 0 spiro atoms. The number of pyridine rings is 1. The molecule has 1 atom stereocenters. The lowest BCUT2D eigenvalue weighted by Crippen LogP contribution is -3.15. The van der Waals surface area contributed by atoms with E-state index in [1.165, 1.54) is 31.5 Å². The fraction of sp³-hybridized carbons (Fsp3) is 0.346. The number of anilines is 2. The highest BCUT2D eigenvalue weighted by Gasteiger charge is 2.33. The summed E-state index contributed by atoms with van der Waals surface area (Å²) in [6.45, 7) is 1.56. The average molecular weight is 528 g/mol. The highest BCUT2D eigenvalue weighted by atomic mass is 35.5. The van der Waals surface area contributed by atoms with Gasteiger partial charge >= 0.3 is 11.9 Å². The minimum Gasteiger partial charge on any atom is -0.465 e. The summed E-state index contributed by atoms with van der Waals surface area (Å²) in [5.41, 5.74) is 0.715. The van der Waals surface area contributed by atoms with E-state index < -0.39 is 11.9 Å². The van der Waals surface area contributed by atoms with Gasteiger partial charge in [-0.3, -0.25) is 14.5 Å². The highest BCUT2D eigenvalue weighted by molar-refractivity contribution is 6.30. The standard InChI is InChI=1S/C26H27ClN4O6/c1-14(32)31(2)18-8-4-15(5-9-18)24(33)30-22-19-12-16(26(35)36-3)6-10-20(19)37-23(22)25(34)29-21-11-7-17(27)13-28-21/h6-7,10-13,15,18H,4-5,8-9H2,1-3H3,(H,30,33)(H,28,29,34)/p+1. The third-order valence-corrected chi connectivity index (χ3v) is 7.02. The Balaban J connectivity index is 1.62. The summed E-state index contributed by atoms with van der Waals surface area (Å²) in [6.07, 6.45) is 4.08. The number of quaternary nitrogens is 1. The molecule has 10 nitrogen and oxygen atoms in total. The van der Waals surface area contributed by atoms with E-state index in [0.29, 0.717) is 28.8 Å². The number of methoxy groups -OCH3 is 1. The number of fused-ring (bicyclic) bond motifs is 1. The molecule has 0 saturated heterocycles. The van der Waals surface area contributed by atoms with Crippen molar-refractivity contribution in [3.63, 3.8) is 0 Å². The van der Waals surface area contributed by atoms with E-state index in [4.69, 9.17) is 20.8 Å². The largest absolute Gasteiger partial charge is 0.465 e. The van der Waals surface area contributed by atoms with Crippen LogP contribution in [0.5, 0.6) is 0 Å². The minimum absolute atomic E-state index is 0.0741. The zero-order valence-corrected chi connectivity index (χ0v) is 21.5. The molecule has 0 bridgehead atoms. The number of hydrogen-bond donors (Lipinski definition) is 3. The second-order valence-electron chi connectivity index (χ2n) is 9.10. The number of amides is 3. The van der Waals surface area contributed by atoms with Gasteiger partial charge in [0.1, 0.15) is 17.1 Å². The van der Waals surface area contributed by atoms with Crippen molar-refractivity contribution in [2.45, 2.75) is 38.6 Å². The molecule has 3 amide bonds. The lowest BCUT2D eigenvalue weighted by atomic mass is 9.84. The first-order valence-electron chi connectivity index (χ1n) is 11.9. The third kappa shape index (κ3) is 5.81. The van der Waals surface area contributed by atoms with Crippen LogP contribution >= 0.6 is 11.6 Å². The molecule has 1 aliphatic carbocycles. The Morgan fingerprint density at radius 2 is 1.81 bits per heavy atom. The van der Waals surface area contributed by atoms with Crippen molar-refractivity contribution in [3.8, 4) is 0 Å². The number of hydrogen-bond acceptors (Lipinski definition) is 7. The van der Waals surface area contributed by atoms with E-state index in [1.54, 1.807) is 19.1 Å². The van der Waals surface area contributed by atoms with Crippen molar-refractivity contribution in [1.82, 2.24) is 4.98 Å². The number of rotatable bonds is 6. The van der Waals surface area contributed by atoms with E-state index in [-0.39, 0.29) is 46.6 Å². The Labute approximate surface area is 218 Å². The Morgan fingerprint density at radius 3 is 2.43 bits per heavy atom. The molecule has 1 unspecified atom stereocenters. The summed E-state index contributed by atoms with van der Waals surface area (Å²) in [6, 6.07) is 7.86. The minimum atomic E-state index is -0.628. The number of nitrogens with zero attached hydrogens (tertiary/aromatic N) is 1. The molecule has 3 N–H and O–H groups in total. The smallest absolute Gasteiger partial charge is 0.337 e. The number of carbonyl (C=O) groups excluding carboxylic acids is 4. The Hall–Kier alpha value is -3.76. The zero-order chi connectivity index (χ0) is 26.7. The second kappa shape index (κ2) is 11.1. The number of furan rings is 1. The summed E-state index contributed by atoms with van der Waals surface area (Å²) in [4.78, 5) is 55.2. The lowest BCUT2D eigenvalue weighted by molar-refractivity contribution is -0.828. The van der Waals surface area contributed by atoms with Crippen LogP contribution in [0.3, 0.4) is 0 Å². The van der Waals surface area contributed by atoms with Gasteiger partial charge in [0.2, 0.25) is 11.7 Å². The van der Waals surface area contributed by atoms with Gasteiger partial charge in [0.15, 0.2) is 0 Å². The van der Waals surface area contributed by atoms with E-state index in [0.717, 1.165) is 17.7 Å². The van der Waals surface area contributed by atoms with Gasteiger partial charge in [-0.25, -0.2) is 14.6 Å². The van der Waals surface area contributed by atoms with Crippen molar-refractivity contribution in [1.29, 1.82) is 0 Å². The fourth-order valence-electron chi connectivity index (χ4n) is 4.55. The van der Waals surface area contributed by atoms with E-state index in [2.05, 4.69) is 15.6 Å². The summed E-state index contributed by atoms with van der Waals surface area (Å²) in [5, 5.41) is 6.31. The third-order valence-electron chi connectivity index (χ3n) is 6.80. The fourth-order valence-corrected chi connectivity index (χ4v) is 4.66. The molecule has 37 heavy (non-hydrogen) atoms. The Kier molecular flexibility index (Phi) is 7.89. The van der Waals surface area contributed by atoms with Crippen LogP contribution in [0, 0.1) is 5.92 Å². The molecule has 4 rings (SSSR count). The molecule has 1 fully saturated rings. The molecule has 1 aromatic carbocycles. The number of nitrogens with one attached hydrogen (secondary N) is 3. The number of aromatic nitrogens is 1. The predicted molar refractivity (Wildman–Crippen MR) is 137 cm³/mol. The lowest BCUT2D eigenvalue weighted by Gasteiger charge is -2.29. The van der Waals surface area contributed by atoms with Crippen molar-refractivity contribution >= 4 is 57.8 Å². The maximum absolute atomic E-state index is 13.3. The predicted octanol–water partition coefficient (Wildman–Crippen LogP) is 3.08. The van der Waals surface area contributed by atoms with Crippen LogP contribution in [0.4, 0.5) is 11.5 Å². The van der Waals surface area contributed by atoms with Gasteiger partial charge in [-0.05, 0) is 43.2 Å². The number of halogens is 1. The Bertz CT molecular complexity index is 1350. The summed E-state index contributed by atoms with van der Waals surface area (Å²) in [5.74, 6) is -1.55. The number of carbonyl (C=O) groups is 4. The molecule has 1 saturated carbocycles. The van der Waals surface area contributed by atoms with Gasteiger partial charge in [-0.1, -0.05) is 11.6 Å². The van der Waals surface area contributed by atoms with Crippen LogP contribution < -0.4 is 15.5 Å². The molecule has 3 aromatic rings. The maximum Gasteiger partial charge on any atom is 0.337 e. The molecule has 0 aliphatic heterocycles. The van der Waals surface area contributed by atoms with Gasteiger partial charge in [0.25, 0.3) is 5.91 Å². The van der Waals surface area contributed by atoms with Crippen molar-refractivity contribution in [3.05, 3.63) is 52.9 Å². The van der Waals surface area contributed by atoms with Crippen LogP contribution in [0.1, 0.15) is 53.5 Å². The SMILES string of the molecule is COC(=O)c1ccc2oc(C(=O)Nc3ccc(Cl)cn3)c(NC(=O)C3CCC([NH+](C)C(C)=O)CC3)c2c1. The van der Waals surface area contributed by atoms with Gasteiger partial charge < -0.3 is 19.8 Å². The summed E-state index contributed by atoms with van der Waals surface area (Å²) >= 11 is 5.87. The molecule has 2 heterocycles. The first-order valence-corrected chi connectivity index (χ1v) is 12.3. The average Bonchev–Trinajstić information content (AvgIpc) is 3.26. The van der Waals surface area contributed by atoms with Gasteiger partial charge in [-0.15, -0.1) is 0 Å². The zero-order valence-electron chi connectivity index (χ0n) is 20.7. The van der Waals surface area contributed by atoms with Crippen molar-refractivity contribution in [2.75, 3.05) is 24.8 Å². The normalized spacial score (nSPS) is 18.2. The van der Waals surface area contributed by atoms with E-state index in [1.807, 2.05) is 7.05 Å².